The van der Waals surface area contributed by atoms with Gasteiger partial charge in [0.2, 0.25) is 0 Å². The molecule has 0 fully saturated rings. The van der Waals surface area contributed by atoms with Crippen LogP contribution in [0.5, 0.6) is 0 Å². The monoisotopic (exact) mass is 251 g/mol. The number of urea groups is 1. The summed E-state index contributed by atoms with van der Waals surface area (Å²) in [4.78, 5) is 15.5. The van der Waals surface area contributed by atoms with Crippen LogP contribution in [0.3, 0.4) is 0 Å². The zero-order valence-electron chi connectivity index (χ0n) is 9.33. The van der Waals surface area contributed by atoms with Crippen LogP contribution in [-0.2, 0) is 6.54 Å². The number of rotatable bonds is 4. The first-order valence-electron chi connectivity index (χ1n) is 5.18. The van der Waals surface area contributed by atoms with Crippen molar-refractivity contribution < 1.29 is 4.79 Å². The first kappa shape index (κ1) is 11.6. The molecule has 0 aliphatic heterocycles. The van der Waals surface area contributed by atoms with Gasteiger partial charge in [0, 0.05) is 30.0 Å². The number of carbonyl (C=O) groups is 1. The lowest BCUT2D eigenvalue weighted by Crippen LogP contribution is -2.38. The van der Waals surface area contributed by atoms with Crippen LogP contribution in [0.15, 0.2) is 30.0 Å². The minimum Gasteiger partial charge on any atom is -0.333 e. The van der Waals surface area contributed by atoms with Crippen molar-refractivity contribution in [2.24, 2.45) is 0 Å². The molecule has 0 saturated heterocycles. The summed E-state index contributed by atoms with van der Waals surface area (Å²) in [5.74, 6) is 0. The molecule has 6 nitrogen and oxygen atoms in total. The second-order valence-corrected chi connectivity index (χ2v) is 4.46. The molecule has 2 N–H and O–H groups in total. The Morgan fingerprint density at radius 2 is 2.47 bits per heavy atom. The van der Waals surface area contributed by atoms with Crippen molar-refractivity contribution in [1.29, 1.82) is 0 Å². The minimum atomic E-state index is -0.250. The number of hydrogen-bond donors (Lipinski definition) is 2. The van der Waals surface area contributed by atoms with E-state index < -0.39 is 0 Å². The molecule has 7 heteroatoms. The summed E-state index contributed by atoms with van der Waals surface area (Å²) in [7, 11) is 0. The van der Waals surface area contributed by atoms with Gasteiger partial charge in [0.05, 0.1) is 6.54 Å². The predicted octanol–water partition coefficient (Wildman–Crippen LogP) is 1.55. The van der Waals surface area contributed by atoms with Crippen LogP contribution in [-0.4, -0.2) is 26.8 Å². The van der Waals surface area contributed by atoms with Crippen molar-refractivity contribution >= 4 is 22.5 Å². The van der Waals surface area contributed by atoms with E-state index in [0.717, 1.165) is 0 Å². The van der Waals surface area contributed by atoms with E-state index in [2.05, 4.69) is 20.7 Å². The van der Waals surface area contributed by atoms with E-state index in [1.807, 2.05) is 24.6 Å². The Morgan fingerprint density at radius 1 is 1.59 bits per heavy atom. The Kier molecular flexibility index (Phi) is 3.71. The van der Waals surface area contributed by atoms with Crippen LogP contribution in [0.2, 0.25) is 0 Å². The topological polar surface area (TPSA) is 71.8 Å². The maximum absolute atomic E-state index is 11.6. The summed E-state index contributed by atoms with van der Waals surface area (Å²) in [6, 6.07) is 1.59. The molecular weight excluding hydrogens is 238 g/mol. The molecule has 0 spiro atoms. The molecule has 2 aromatic rings. The first-order valence-corrected chi connectivity index (χ1v) is 6.06. The van der Waals surface area contributed by atoms with Crippen molar-refractivity contribution in [3.8, 4) is 0 Å². The van der Waals surface area contributed by atoms with Gasteiger partial charge in [0.25, 0.3) is 0 Å². The fourth-order valence-electron chi connectivity index (χ4n) is 1.38. The largest absolute Gasteiger partial charge is 0.333 e. The van der Waals surface area contributed by atoms with E-state index >= 15 is 0 Å². The smallest absolute Gasteiger partial charge is 0.321 e. The number of thiazole rings is 1. The molecule has 2 rings (SSSR count). The Hall–Kier alpha value is -1.89. The van der Waals surface area contributed by atoms with Crippen LogP contribution in [0, 0.1) is 0 Å². The van der Waals surface area contributed by atoms with Crippen LogP contribution < -0.4 is 10.6 Å². The van der Waals surface area contributed by atoms with E-state index in [1.54, 1.807) is 17.1 Å². The van der Waals surface area contributed by atoms with Gasteiger partial charge in [0.15, 0.2) is 5.13 Å². The van der Waals surface area contributed by atoms with Gasteiger partial charge >= 0.3 is 6.03 Å². The van der Waals surface area contributed by atoms with Crippen molar-refractivity contribution in [1.82, 2.24) is 20.1 Å². The quantitative estimate of drug-likeness (QED) is 0.866. The average Bonchev–Trinajstić information content (AvgIpc) is 2.90. The van der Waals surface area contributed by atoms with Crippen LogP contribution in [0.25, 0.3) is 0 Å². The summed E-state index contributed by atoms with van der Waals surface area (Å²) in [6.07, 6.45) is 5.21. The fourth-order valence-corrected chi connectivity index (χ4v) is 1.90. The molecule has 17 heavy (non-hydrogen) atoms. The Labute approximate surface area is 103 Å². The highest BCUT2D eigenvalue weighted by molar-refractivity contribution is 7.13. The summed E-state index contributed by atoms with van der Waals surface area (Å²) < 4.78 is 1.77. The molecule has 0 aliphatic carbocycles. The normalized spacial score (nSPS) is 12.1. The summed E-state index contributed by atoms with van der Waals surface area (Å²) in [5, 5.41) is 11.9. The SMILES string of the molecule is C[C@H](Cn1cccn1)NC(=O)Nc1nccs1. The zero-order chi connectivity index (χ0) is 12.1. The van der Waals surface area contributed by atoms with Gasteiger partial charge in [-0.1, -0.05) is 0 Å². The van der Waals surface area contributed by atoms with Crippen LogP contribution in [0.1, 0.15) is 6.92 Å². The number of carbonyl (C=O) groups excluding carboxylic acids is 1. The highest BCUT2D eigenvalue weighted by atomic mass is 32.1. The molecule has 2 aromatic heterocycles. The van der Waals surface area contributed by atoms with Crippen molar-refractivity contribution in [2.45, 2.75) is 19.5 Å². The second-order valence-electron chi connectivity index (χ2n) is 3.56. The minimum absolute atomic E-state index is 0.00476. The van der Waals surface area contributed by atoms with Gasteiger partial charge in [-0.2, -0.15) is 5.10 Å². The van der Waals surface area contributed by atoms with E-state index in [9.17, 15) is 4.79 Å². The van der Waals surface area contributed by atoms with E-state index in [0.29, 0.717) is 11.7 Å². The van der Waals surface area contributed by atoms with Gasteiger partial charge in [-0.3, -0.25) is 10.00 Å². The van der Waals surface area contributed by atoms with E-state index in [1.165, 1.54) is 11.3 Å². The lowest BCUT2D eigenvalue weighted by Gasteiger charge is -2.13. The molecule has 0 bridgehead atoms. The van der Waals surface area contributed by atoms with Gasteiger partial charge in [-0.25, -0.2) is 9.78 Å². The molecule has 2 heterocycles. The number of aromatic nitrogens is 3. The summed E-state index contributed by atoms with van der Waals surface area (Å²) in [6.45, 7) is 2.56. The average molecular weight is 251 g/mol. The Morgan fingerprint density at radius 3 is 3.12 bits per heavy atom. The third kappa shape index (κ3) is 3.56. The lowest BCUT2D eigenvalue weighted by atomic mass is 10.3. The van der Waals surface area contributed by atoms with Crippen LogP contribution >= 0.6 is 11.3 Å². The molecular formula is C10H13N5OS. The van der Waals surface area contributed by atoms with Gasteiger partial charge in [-0.05, 0) is 13.0 Å². The third-order valence-corrected chi connectivity index (χ3v) is 2.74. The van der Waals surface area contributed by atoms with Crippen molar-refractivity contribution in [2.75, 3.05) is 5.32 Å². The number of hydrogen-bond acceptors (Lipinski definition) is 4. The molecule has 0 aromatic carbocycles. The molecule has 0 aliphatic rings. The van der Waals surface area contributed by atoms with Gasteiger partial charge in [-0.15, -0.1) is 11.3 Å². The first-order chi connectivity index (χ1) is 8.24. The van der Waals surface area contributed by atoms with Gasteiger partial charge < -0.3 is 5.32 Å². The maximum Gasteiger partial charge on any atom is 0.321 e. The van der Waals surface area contributed by atoms with Crippen molar-refractivity contribution in [3.63, 3.8) is 0 Å². The summed E-state index contributed by atoms with van der Waals surface area (Å²) >= 11 is 1.38. The second kappa shape index (κ2) is 5.44. The molecule has 90 valence electrons. The maximum atomic E-state index is 11.6. The number of nitrogens with zero attached hydrogens (tertiary/aromatic N) is 3. The highest BCUT2D eigenvalue weighted by Gasteiger charge is 2.08. The lowest BCUT2D eigenvalue weighted by molar-refractivity contribution is 0.247. The third-order valence-electron chi connectivity index (χ3n) is 2.05. The fraction of sp³-hybridized carbons (Fsp3) is 0.300. The van der Waals surface area contributed by atoms with Gasteiger partial charge in [0.1, 0.15) is 0 Å². The predicted molar refractivity (Wildman–Crippen MR) is 66.0 cm³/mol. The molecule has 1 atom stereocenters. The molecule has 0 saturated carbocycles. The van der Waals surface area contributed by atoms with Crippen molar-refractivity contribution in [3.05, 3.63) is 30.0 Å². The number of amides is 2. The molecule has 0 unspecified atom stereocenters. The van der Waals surface area contributed by atoms with E-state index in [4.69, 9.17) is 0 Å². The van der Waals surface area contributed by atoms with E-state index in [-0.39, 0.29) is 12.1 Å². The molecule has 2 amide bonds. The highest BCUT2D eigenvalue weighted by Crippen LogP contribution is 2.09. The Bertz CT molecular complexity index is 453. The molecule has 0 radical (unpaired) electrons. The number of anilines is 1. The zero-order valence-corrected chi connectivity index (χ0v) is 10.1. The standard InChI is InChI=1S/C10H13N5OS/c1-8(7-15-5-2-3-12-15)13-9(16)14-10-11-4-6-17-10/h2-6,8H,7H2,1H3,(H2,11,13,14,16)/t8-/m1/s1. The Balaban J connectivity index is 1.78. The van der Waals surface area contributed by atoms with Crippen LogP contribution in [0.4, 0.5) is 9.93 Å². The summed E-state index contributed by atoms with van der Waals surface area (Å²) in [5.41, 5.74) is 0. The number of nitrogens with one attached hydrogen (secondary N) is 2.